The van der Waals surface area contributed by atoms with Gasteiger partial charge in [-0.25, -0.2) is 4.90 Å². The molecule has 6 rings (SSSR count). The molecule has 0 bridgehead atoms. The molecule has 0 unspecified atom stereocenters. The second-order valence-electron chi connectivity index (χ2n) is 9.00. The van der Waals surface area contributed by atoms with Crippen LogP contribution in [0, 0.1) is 18.8 Å². The maximum absolute atomic E-state index is 13.9. The molecule has 2 saturated heterocycles. The summed E-state index contributed by atoms with van der Waals surface area (Å²) in [5.74, 6) is -4.96. The van der Waals surface area contributed by atoms with E-state index in [4.69, 9.17) is 27.9 Å². The molecule has 3 aromatic carbocycles. The van der Waals surface area contributed by atoms with Crippen molar-refractivity contribution in [2.24, 2.45) is 11.8 Å². The van der Waals surface area contributed by atoms with Crippen LogP contribution in [0.5, 0.6) is 0 Å². The number of ether oxygens (including phenoxy) is 1. The molecule has 8 heteroatoms. The Balaban J connectivity index is 1.56. The molecule has 0 saturated carbocycles. The number of carbonyl (C=O) groups excluding carboxylic acids is 4. The van der Waals surface area contributed by atoms with Crippen molar-refractivity contribution >= 4 is 52.3 Å². The van der Waals surface area contributed by atoms with Crippen molar-refractivity contribution in [2.75, 3.05) is 4.90 Å². The Morgan fingerprint density at radius 1 is 0.829 bits per heavy atom. The fraction of sp³-hybridized carbons (Fsp3) is 0.185. The van der Waals surface area contributed by atoms with Crippen LogP contribution in [0.25, 0.3) is 0 Å². The van der Waals surface area contributed by atoms with Crippen LogP contribution in [0.2, 0.25) is 10.0 Å². The molecule has 1 aliphatic carbocycles. The van der Waals surface area contributed by atoms with Crippen molar-refractivity contribution in [1.82, 2.24) is 0 Å². The number of anilines is 1. The molecule has 2 heterocycles. The van der Waals surface area contributed by atoms with Gasteiger partial charge >= 0.3 is 0 Å². The van der Waals surface area contributed by atoms with Crippen molar-refractivity contribution in [3.8, 4) is 0 Å². The number of halogens is 2. The maximum atomic E-state index is 13.9. The van der Waals surface area contributed by atoms with E-state index in [0.717, 1.165) is 10.5 Å². The first-order valence-corrected chi connectivity index (χ1v) is 11.8. The van der Waals surface area contributed by atoms with Crippen LogP contribution in [0.3, 0.4) is 0 Å². The summed E-state index contributed by atoms with van der Waals surface area (Å²) in [7, 11) is 0. The molecule has 3 atom stereocenters. The first-order chi connectivity index (χ1) is 16.8. The lowest BCUT2D eigenvalue weighted by Crippen LogP contribution is -2.51. The predicted octanol–water partition coefficient (Wildman–Crippen LogP) is 5.00. The minimum atomic E-state index is -2.13. The molecule has 2 fully saturated rings. The van der Waals surface area contributed by atoms with Crippen LogP contribution in [0.15, 0.2) is 66.7 Å². The number of rotatable bonds is 2. The molecule has 2 amide bonds. The van der Waals surface area contributed by atoms with E-state index in [2.05, 4.69) is 0 Å². The largest absolute Gasteiger partial charge is 0.349 e. The molecule has 3 aromatic rings. The summed E-state index contributed by atoms with van der Waals surface area (Å²) in [4.78, 5) is 56.2. The standard InChI is InChI=1S/C27H17Cl2NO5/c1-13-6-8-14(9-7-13)22-20-21(26(34)30(25(20)33)19-12-15(28)10-11-18(19)29)27(35-22)23(31)16-4-2-3-5-17(16)24(27)32/h2-12,20-22H,1H3/t20-,21-,22+/m0/s1. The second kappa shape index (κ2) is 7.59. The van der Waals surface area contributed by atoms with Gasteiger partial charge in [0.05, 0.1) is 28.6 Å². The highest BCUT2D eigenvalue weighted by Crippen LogP contribution is 2.58. The highest BCUT2D eigenvalue weighted by molar-refractivity contribution is 6.40. The van der Waals surface area contributed by atoms with Crippen molar-refractivity contribution in [3.63, 3.8) is 0 Å². The van der Waals surface area contributed by atoms with Crippen LogP contribution in [-0.2, 0) is 14.3 Å². The fourth-order valence-corrected chi connectivity index (χ4v) is 5.84. The number of aryl methyl sites for hydroxylation is 1. The lowest BCUT2D eigenvalue weighted by molar-refractivity contribution is -0.127. The lowest BCUT2D eigenvalue weighted by atomic mass is 9.77. The predicted molar refractivity (Wildman–Crippen MR) is 129 cm³/mol. The maximum Gasteiger partial charge on any atom is 0.241 e. The Labute approximate surface area is 210 Å². The van der Waals surface area contributed by atoms with Gasteiger partial charge in [-0.3, -0.25) is 19.2 Å². The Hall–Kier alpha value is -3.32. The van der Waals surface area contributed by atoms with Crippen molar-refractivity contribution in [2.45, 2.75) is 18.6 Å². The zero-order valence-corrected chi connectivity index (χ0v) is 19.8. The zero-order valence-electron chi connectivity index (χ0n) is 18.3. The number of imide groups is 1. The van der Waals surface area contributed by atoms with Crippen LogP contribution in [0.4, 0.5) is 5.69 Å². The Morgan fingerprint density at radius 3 is 2.09 bits per heavy atom. The third kappa shape index (κ3) is 2.88. The topological polar surface area (TPSA) is 80.8 Å². The van der Waals surface area contributed by atoms with E-state index in [-0.39, 0.29) is 26.9 Å². The molecule has 35 heavy (non-hydrogen) atoms. The van der Waals surface area contributed by atoms with Gasteiger partial charge < -0.3 is 4.74 Å². The lowest BCUT2D eigenvalue weighted by Gasteiger charge is -2.27. The Kier molecular flexibility index (Phi) is 4.81. The van der Waals surface area contributed by atoms with Gasteiger partial charge in [-0.05, 0) is 30.7 Å². The monoisotopic (exact) mass is 505 g/mol. The number of ketones is 2. The van der Waals surface area contributed by atoms with E-state index in [1.807, 2.05) is 19.1 Å². The second-order valence-corrected chi connectivity index (χ2v) is 9.84. The minimum absolute atomic E-state index is 0.108. The number of hydrogen-bond acceptors (Lipinski definition) is 5. The molecular formula is C27H17Cl2NO5. The van der Waals surface area contributed by atoms with Gasteiger partial charge in [-0.1, -0.05) is 77.3 Å². The van der Waals surface area contributed by atoms with Crippen molar-refractivity contribution < 1.29 is 23.9 Å². The van der Waals surface area contributed by atoms with E-state index in [1.54, 1.807) is 30.3 Å². The van der Waals surface area contributed by atoms with Gasteiger partial charge in [0.15, 0.2) is 0 Å². The molecule has 0 radical (unpaired) electrons. The third-order valence-corrected chi connectivity index (χ3v) is 7.63. The quantitative estimate of drug-likeness (QED) is 0.361. The Morgan fingerprint density at radius 2 is 1.46 bits per heavy atom. The summed E-state index contributed by atoms with van der Waals surface area (Å²) in [5, 5.41) is 0.425. The van der Waals surface area contributed by atoms with E-state index in [0.29, 0.717) is 5.56 Å². The van der Waals surface area contributed by atoms with Crippen LogP contribution in [0.1, 0.15) is 37.9 Å². The van der Waals surface area contributed by atoms with Gasteiger partial charge in [0.2, 0.25) is 29.0 Å². The summed E-state index contributed by atoms with van der Waals surface area (Å²) in [5.41, 5.74) is -0.0765. The van der Waals surface area contributed by atoms with Crippen LogP contribution < -0.4 is 4.90 Å². The molecule has 0 N–H and O–H groups in total. The average molecular weight is 506 g/mol. The van der Waals surface area contributed by atoms with Crippen molar-refractivity contribution in [1.29, 1.82) is 0 Å². The van der Waals surface area contributed by atoms with Gasteiger partial charge in [0, 0.05) is 16.1 Å². The molecule has 3 aliphatic rings. The molecule has 6 nitrogen and oxygen atoms in total. The number of hydrogen-bond donors (Lipinski definition) is 0. The van der Waals surface area contributed by atoms with Gasteiger partial charge in [-0.2, -0.15) is 0 Å². The highest BCUT2D eigenvalue weighted by atomic mass is 35.5. The van der Waals surface area contributed by atoms with Crippen LogP contribution in [-0.4, -0.2) is 29.0 Å². The number of nitrogens with zero attached hydrogens (tertiary/aromatic N) is 1. The summed E-state index contributed by atoms with van der Waals surface area (Å²) in [6.45, 7) is 1.91. The molecule has 1 spiro atoms. The van der Waals surface area contributed by atoms with E-state index in [1.165, 1.54) is 24.3 Å². The first-order valence-electron chi connectivity index (χ1n) is 11.0. The molecule has 2 aliphatic heterocycles. The zero-order chi connectivity index (χ0) is 24.6. The van der Waals surface area contributed by atoms with Crippen LogP contribution >= 0.6 is 23.2 Å². The number of carbonyl (C=O) groups is 4. The fourth-order valence-electron chi connectivity index (χ4n) is 5.47. The van der Waals surface area contributed by atoms with Gasteiger partial charge in [0.25, 0.3) is 0 Å². The Bertz CT molecular complexity index is 1430. The van der Waals surface area contributed by atoms with Gasteiger partial charge in [-0.15, -0.1) is 0 Å². The minimum Gasteiger partial charge on any atom is -0.349 e. The number of fused-ring (bicyclic) bond motifs is 3. The summed E-state index contributed by atoms with van der Waals surface area (Å²) >= 11 is 12.5. The number of Topliss-reactive ketones (excluding diaryl/α,β-unsaturated/α-hetero) is 2. The van der Waals surface area contributed by atoms with E-state index >= 15 is 0 Å². The average Bonchev–Trinajstić information content (AvgIpc) is 3.41. The molecular weight excluding hydrogens is 489 g/mol. The SMILES string of the molecule is Cc1ccc([C@H]2OC3(C(=O)c4ccccc4C3=O)[C@@H]3C(=O)N(c4cc(Cl)ccc4Cl)C(=O)[C@H]23)cc1. The molecule has 174 valence electrons. The summed E-state index contributed by atoms with van der Waals surface area (Å²) in [6, 6.07) is 18.1. The van der Waals surface area contributed by atoms with E-state index < -0.39 is 46.9 Å². The van der Waals surface area contributed by atoms with Gasteiger partial charge in [0.1, 0.15) is 0 Å². The molecule has 0 aromatic heterocycles. The highest BCUT2D eigenvalue weighted by Gasteiger charge is 2.74. The summed E-state index contributed by atoms with van der Waals surface area (Å²) < 4.78 is 6.26. The van der Waals surface area contributed by atoms with Crippen molar-refractivity contribution in [3.05, 3.63) is 99.0 Å². The first kappa shape index (κ1) is 22.2. The van der Waals surface area contributed by atoms with E-state index in [9.17, 15) is 19.2 Å². The third-order valence-electron chi connectivity index (χ3n) is 7.07. The smallest absolute Gasteiger partial charge is 0.241 e. The summed E-state index contributed by atoms with van der Waals surface area (Å²) in [6.07, 6.45) is -0.984. The normalized spacial score (nSPS) is 24.4. The number of amides is 2. The number of benzene rings is 3.